The van der Waals surface area contributed by atoms with E-state index in [0.29, 0.717) is 6.04 Å². The Hall–Kier alpha value is -1.32. The van der Waals surface area contributed by atoms with E-state index in [9.17, 15) is 5.11 Å². The molecule has 1 N–H and O–H groups in total. The van der Waals surface area contributed by atoms with Crippen molar-refractivity contribution in [2.45, 2.75) is 32.2 Å². The highest BCUT2D eigenvalue weighted by Crippen LogP contribution is 2.23. The van der Waals surface area contributed by atoms with Crippen LogP contribution in [0.15, 0.2) is 36.5 Å². The minimum absolute atomic E-state index is 0.0612. The van der Waals surface area contributed by atoms with E-state index >= 15 is 0 Å². The van der Waals surface area contributed by atoms with E-state index in [4.69, 9.17) is 11.6 Å². The molecule has 0 aliphatic carbocycles. The first-order chi connectivity index (χ1) is 9.11. The minimum Gasteiger partial charge on any atom is -0.396 e. The van der Waals surface area contributed by atoms with Gasteiger partial charge in [0.2, 0.25) is 0 Å². The molecule has 4 heteroatoms. The molecule has 0 aliphatic rings. The Bertz CT molecular complexity index is 519. The summed E-state index contributed by atoms with van der Waals surface area (Å²) in [6.45, 7) is 4.29. The third-order valence-corrected chi connectivity index (χ3v) is 3.48. The van der Waals surface area contributed by atoms with Gasteiger partial charge in [-0.1, -0.05) is 23.7 Å². The highest BCUT2D eigenvalue weighted by molar-refractivity contribution is 6.30. The molecule has 1 atom stereocenters. The molecule has 0 amide bonds. The predicted molar refractivity (Wildman–Crippen MR) is 77.6 cm³/mol. The van der Waals surface area contributed by atoms with Gasteiger partial charge < -0.3 is 5.11 Å². The average Bonchev–Trinajstić information content (AvgIpc) is 2.87. The van der Waals surface area contributed by atoms with Gasteiger partial charge in [0.15, 0.2) is 0 Å². The van der Waals surface area contributed by atoms with Crippen LogP contribution in [0.3, 0.4) is 0 Å². The fourth-order valence-electron chi connectivity index (χ4n) is 2.25. The van der Waals surface area contributed by atoms with Crippen LogP contribution < -0.4 is 0 Å². The number of hydrogen-bond acceptors (Lipinski definition) is 2. The van der Waals surface area contributed by atoms with Gasteiger partial charge in [0.05, 0.1) is 6.61 Å². The van der Waals surface area contributed by atoms with E-state index in [-0.39, 0.29) is 12.5 Å². The predicted octanol–water partition coefficient (Wildman–Crippen LogP) is 3.44. The van der Waals surface area contributed by atoms with E-state index in [1.807, 2.05) is 35.0 Å². The smallest absolute Gasteiger partial charge is 0.0517 e. The molecular formula is C15H19ClN2O. The quantitative estimate of drug-likeness (QED) is 0.910. The standard InChI is InChI=1S/C15H19ClN2O/c1-11(2)18-15(7-8-17-18)13(10-19)9-12-3-5-14(16)6-4-12/h3-8,11,13,19H,9-10H2,1-2H3/t13-/m0/s1. The van der Waals surface area contributed by atoms with Crippen molar-refractivity contribution in [3.63, 3.8) is 0 Å². The van der Waals surface area contributed by atoms with E-state index in [0.717, 1.165) is 17.1 Å². The second-order valence-electron chi connectivity index (χ2n) is 5.00. The molecule has 0 saturated heterocycles. The zero-order valence-electron chi connectivity index (χ0n) is 11.3. The second kappa shape index (κ2) is 6.22. The lowest BCUT2D eigenvalue weighted by Crippen LogP contribution is -2.16. The molecule has 0 fully saturated rings. The Kier molecular flexibility index (Phi) is 4.61. The van der Waals surface area contributed by atoms with Crippen LogP contribution in [0.5, 0.6) is 0 Å². The third kappa shape index (κ3) is 3.37. The van der Waals surface area contributed by atoms with Crippen LogP contribution in [0, 0.1) is 0 Å². The van der Waals surface area contributed by atoms with Crippen LogP contribution in [-0.2, 0) is 6.42 Å². The van der Waals surface area contributed by atoms with Crippen molar-refractivity contribution in [3.05, 3.63) is 52.8 Å². The topological polar surface area (TPSA) is 38.0 Å². The first-order valence-electron chi connectivity index (χ1n) is 6.50. The number of benzene rings is 1. The summed E-state index contributed by atoms with van der Waals surface area (Å²) in [5.41, 5.74) is 2.24. The molecule has 0 unspecified atom stereocenters. The number of halogens is 1. The van der Waals surface area contributed by atoms with Gasteiger partial charge in [-0.05, 0) is 44.0 Å². The van der Waals surface area contributed by atoms with Crippen molar-refractivity contribution >= 4 is 11.6 Å². The lowest BCUT2D eigenvalue weighted by molar-refractivity contribution is 0.256. The number of aliphatic hydroxyl groups is 1. The average molecular weight is 279 g/mol. The van der Waals surface area contributed by atoms with Gasteiger partial charge >= 0.3 is 0 Å². The summed E-state index contributed by atoms with van der Waals surface area (Å²) in [5.74, 6) is 0.0612. The Labute approximate surface area is 118 Å². The number of hydrogen-bond donors (Lipinski definition) is 1. The maximum absolute atomic E-state index is 9.65. The fourth-order valence-corrected chi connectivity index (χ4v) is 2.37. The minimum atomic E-state index is 0.0612. The van der Waals surface area contributed by atoms with Crippen molar-refractivity contribution < 1.29 is 5.11 Å². The van der Waals surface area contributed by atoms with Crippen LogP contribution in [-0.4, -0.2) is 21.5 Å². The normalized spacial score (nSPS) is 12.9. The van der Waals surface area contributed by atoms with Gasteiger partial charge in [0.25, 0.3) is 0 Å². The molecule has 3 nitrogen and oxygen atoms in total. The number of aromatic nitrogens is 2. The van der Waals surface area contributed by atoms with Gasteiger partial charge in [-0.25, -0.2) is 0 Å². The van der Waals surface area contributed by atoms with E-state index in [1.54, 1.807) is 6.20 Å². The number of nitrogens with zero attached hydrogens (tertiary/aromatic N) is 2. The summed E-state index contributed by atoms with van der Waals surface area (Å²) in [4.78, 5) is 0. The monoisotopic (exact) mass is 278 g/mol. The molecule has 0 saturated carbocycles. The van der Waals surface area contributed by atoms with Crippen molar-refractivity contribution in [1.82, 2.24) is 9.78 Å². The maximum atomic E-state index is 9.65. The molecular weight excluding hydrogens is 260 g/mol. The lowest BCUT2D eigenvalue weighted by Gasteiger charge is -2.18. The molecule has 1 heterocycles. The van der Waals surface area contributed by atoms with Crippen LogP contribution in [0.1, 0.15) is 37.1 Å². The molecule has 0 bridgehead atoms. The Morgan fingerprint density at radius 2 is 1.89 bits per heavy atom. The third-order valence-electron chi connectivity index (χ3n) is 3.22. The lowest BCUT2D eigenvalue weighted by atomic mass is 9.96. The van der Waals surface area contributed by atoms with Crippen molar-refractivity contribution in [2.75, 3.05) is 6.61 Å². The van der Waals surface area contributed by atoms with E-state index in [2.05, 4.69) is 18.9 Å². The van der Waals surface area contributed by atoms with Crippen LogP contribution in [0.25, 0.3) is 0 Å². The van der Waals surface area contributed by atoms with Gasteiger partial charge in [-0.3, -0.25) is 4.68 Å². The molecule has 0 spiro atoms. The summed E-state index contributed by atoms with van der Waals surface area (Å²) in [5, 5.41) is 14.7. The zero-order chi connectivity index (χ0) is 13.8. The molecule has 1 aromatic carbocycles. The van der Waals surface area contributed by atoms with Crippen molar-refractivity contribution in [2.24, 2.45) is 0 Å². The highest BCUT2D eigenvalue weighted by Gasteiger charge is 2.17. The van der Waals surface area contributed by atoms with Gasteiger partial charge in [0, 0.05) is 28.9 Å². The van der Waals surface area contributed by atoms with Crippen LogP contribution in [0.2, 0.25) is 5.02 Å². The Morgan fingerprint density at radius 1 is 1.21 bits per heavy atom. The summed E-state index contributed by atoms with van der Waals surface area (Å²) >= 11 is 5.88. The van der Waals surface area contributed by atoms with Crippen molar-refractivity contribution in [3.8, 4) is 0 Å². The molecule has 102 valence electrons. The molecule has 19 heavy (non-hydrogen) atoms. The summed E-state index contributed by atoms with van der Waals surface area (Å²) in [6.07, 6.45) is 2.58. The van der Waals surface area contributed by atoms with Gasteiger partial charge in [0.1, 0.15) is 0 Å². The molecule has 2 rings (SSSR count). The molecule has 0 aliphatic heterocycles. The Balaban J connectivity index is 2.20. The van der Waals surface area contributed by atoms with E-state index < -0.39 is 0 Å². The van der Waals surface area contributed by atoms with Gasteiger partial charge in [-0.15, -0.1) is 0 Å². The first kappa shape index (κ1) is 14.1. The van der Waals surface area contributed by atoms with Crippen molar-refractivity contribution in [1.29, 1.82) is 0 Å². The first-order valence-corrected chi connectivity index (χ1v) is 6.88. The summed E-state index contributed by atoms with van der Waals surface area (Å²) < 4.78 is 1.97. The highest BCUT2D eigenvalue weighted by atomic mass is 35.5. The van der Waals surface area contributed by atoms with E-state index in [1.165, 1.54) is 5.56 Å². The zero-order valence-corrected chi connectivity index (χ0v) is 12.0. The SMILES string of the molecule is CC(C)n1nccc1[C@H](CO)Cc1ccc(Cl)cc1. The fraction of sp³-hybridized carbons (Fsp3) is 0.400. The van der Waals surface area contributed by atoms with Crippen LogP contribution in [0.4, 0.5) is 0 Å². The van der Waals surface area contributed by atoms with Crippen LogP contribution >= 0.6 is 11.6 Å². The maximum Gasteiger partial charge on any atom is 0.0517 e. The number of aliphatic hydroxyl groups excluding tert-OH is 1. The summed E-state index contributed by atoms with van der Waals surface area (Å²) in [7, 11) is 0. The summed E-state index contributed by atoms with van der Waals surface area (Å²) in [6, 6.07) is 10.0. The molecule has 2 aromatic rings. The second-order valence-corrected chi connectivity index (χ2v) is 5.44. The Morgan fingerprint density at radius 3 is 2.47 bits per heavy atom. The largest absolute Gasteiger partial charge is 0.396 e. The molecule has 1 aromatic heterocycles. The molecule has 0 radical (unpaired) electrons. The number of rotatable bonds is 5. The van der Waals surface area contributed by atoms with Gasteiger partial charge in [-0.2, -0.15) is 5.10 Å².